The molecule has 0 aliphatic carbocycles. The van der Waals surface area contributed by atoms with Gasteiger partial charge in [0.25, 0.3) is 0 Å². The van der Waals surface area contributed by atoms with E-state index in [1.807, 2.05) is 97.1 Å². The van der Waals surface area contributed by atoms with Crippen molar-refractivity contribution in [2.24, 2.45) is 0 Å². The van der Waals surface area contributed by atoms with Crippen LogP contribution in [-0.4, -0.2) is 15.0 Å². The highest BCUT2D eigenvalue weighted by Gasteiger charge is 2.20. The molecule has 9 rings (SSSR count). The Morgan fingerprint density at radius 3 is 1.68 bits per heavy atom. The molecule has 234 valence electrons. The van der Waals surface area contributed by atoms with E-state index in [2.05, 4.69) is 84.6 Å². The summed E-state index contributed by atoms with van der Waals surface area (Å²) in [7, 11) is 0. The highest BCUT2D eigenvalue weighted by Crippen LogP contribution is 2.44. The lowest BCUT2D eigenvalue weighted by Gasteiger charge is -2.20. The molecule has 0 N–H and O–H groups in total. The molecule has 0 unspecified atom stereocenters. The second-order valence-electron chi connectivity index (χ2n) is 12.1. The van der Waals surface area contributed by atoms with E-state index >= 15 is 0 Å². The maximum absolute atomic E-state index is 6.46. The quantitative estimate of drug-likeness (QED) is 0.170. The van der Waals surface area contributed by atoms with E-state index in [0.717, 1.165) is 61.2 Å². The van der Waals surface area contributed by atoms with Gasteiger partial charge < -0.3 is 4.74 Å². The summed E-state index contributed by atoms with van der Waals surface area (Å²) in [5.74, 6) is 3.41. The number of ether oxygens (including phenoxy) is 1. The monoisotopic (exact) mass is 639 g/mol. The third-order valence-corrected chi connectivity index (χ3v) is 8.99. The van der Waals surface area contributed by atoms with Gasteiger partial charge in [0.05, 0.1) is 0 Å². The fourth-order valence-electron chi connectivity index (χ4n) is 6.57. The Hall–Kier alpha value is -6.87. The van der Waals surface area contributed by atoms with Crippen molar-refractivity contribution in [3.05, 3.63) is 187 Å². The van der Waals surface area contributed by atoms with Crippen LogP contribution in [-0.2, 0) is 0 Å². The van der Waals surface area contributed by atoms with Crippen molar-refractivity contribution in [3.63, 3.8) is 0 Å². The first-order chi connectivity index (χ1) is 24.8. The second kappa shape index (κ2) is 12.6. The molecule has 7 aromatic carbocycles. The molecule has 8 aromatic rings. The number of hydrogen-bond acceptors (Lipinski definition) is 4. The van der Waals surface area contributed by atoms with Crippen molar-refractivity contribution >= 4 is 22.6 Å². The van der Waals surface area contributed by atoms with Gasteiger partial charge in [-0.1, -0.05) is 163 Å². The van der Waals surface area contributed by atoms with Crippen LogP contribution >= 0.6 is 0 Å². The molecule has 50 heavy (non-hydrogen) atoms. The van der Waals surface area contributed by atoms with Gasteiger partial charge in [0, 0.05) is 27.8 Å². The van der Waals surface area contributed by atoms with Crippen LogP contribution in [0.3, 0.4) is 0 Å². The van der Waals surface area contributed by atoms with Crippen molar-refractivity contribution in [1.82, 2.24) is 15.0 Å². The van der Waals surface area contributed by atoms with Gasteiger partial charge in [0.15, 0.2) is 23.2 Å². The van der Waals surface area contributed by atoms with Gasteiger partial charge in [-0.15, -0.1) is 0 Å². The maximum Gasteiger partial charge on any atom is 0.176 e. The average Bonchev–Trinajstić information content (AvgIpc) is 3.21. The van der Waals surface area contributed by atoms with Gasteiger partial charge in [-0.3, -0.25) is 0 Å². The second-order valence-corrected chi connectivity index (χ2v) is 12.1. The fourth-order valence-corrected chi connectivity index (χ4v) is 6.57. The molecule has 0 fully saturated rings. The molecule has 0 atom stereocenters. The van der Waals surface area contributed by atoms with E-state index in [1.165, 1.54) is 5.39 Å². The Balaban J connectivity index is 1.22. The normalized spacial score (nSPS) is 11.9. The summed E-state index contributed by atoms with van der Waals surface area (Å²) in [5.41, 5.74) is 12.6. The van der Waals surface area contributed by atoms with E-state index in [-0.39, 0.29) is 0 Å². The average molecular weight is 640 g/mol. The fraction of sp³-hybridized carbons (Fsp3) is 0. The Morgan fingerprint density at radius 1 is 0.420 bits per heavy atom. The highest BCUT2D eigenvalue weighted by molar-refractivity contribution is 6.06. The Bertz CT molecular complexity index is 2530. The number of rotatable bonds is 6. The molecule has 0 saturated carbocycles. The van der Waals surface area contributed by atoms with E-state index in [9.17, 15) is 0 Å². The van der Waals surface area contributed by atoms with E-state index in [1.54, 1.807) is 0 Å². The molecule has 0 spiro atoms. The topological polar surface area (TPSA) is 47.9 Å². The number of hydrogen-bond donors (Lipinski definition) is 0. The minimum Gasteiger partial charge on any atom is -0.448 e. The molecule has 0 bridgehead atoms. The van der Waals surface area contributed by atoms with Crippen molar-refractivity contribution in [1.29, 1.82) is 0 Å². The van der Waals surface area contributed by atoms with Gasteiger partial charge in [-0.25, -0.2) is 15.0 Å². The maximum atomic E-state index is 6.46. The molecule has 4 nitrogen and oxygen atoms in total. The largest absolute Gasteiger partial charge is 0.448 e. The summed E-state index contributed by atoms with van der Waals surface area (Å²) in [5, 5.41) is 2.33. The van der Waals surface area contributed by atoms with E-state index < -0.39 is 0 Å². The van der Waals surface area contributed by atoms with Crippen molar-refractivity contribution in [2.75, 3.05) is 0 Å². The van der Waals surface area contributed by atoms with Gasteiger partial charge in [0.1, 0.15) is 5.75 Å². The molecule has 0 radical (unpaired) electrons. The van der Waals surface area contributed by atoms with Crippen LogP contribution in [0.1, 0.15) is 11.1 Å². The van der Waals surface area contributed by atoms with Crippen LogP contribution in [0.4, 0.5) is 0 Å². The first kappa shape index (κ1) is 29.3. The predicted octanol–water partition coefficient (Wildman–Crippen LogP) is 11.4. The minimum absolute atomic E-state index is 0.619. The molecule has 1 aliphatic rings. The summed E-state index contributed by atoms with van der Waals surface area (Å²) in [4.78, 5) is 14.9. The molecule has 0 amide bonds. The molecule has 4 heteroatoms. The Kier molecular flexibility index (Phi) is 7.39. The summed E-state index contributed by atoms with van der Waals surface area (Å²) in [6, 6.07) is 57.9. The van der Waals surface area contributed by atoms with Crippen LogP contribution < -0.4 is 4.74 Å². The zero-order valence-corrected chi connectivity index (χ0v) is 27.0. The number of fused-ring (bicyclic) bond motifs is 2. The van der Waals surface area contributed by atoms with Crippen LogP contribution in [0.15, 0.2) is 176 Å². The summed E-state index contributed by atoms with van der Waals surface area (Å²) >= 11 is 0. The zero-order chi connectivity index (χ0) is 33.3. The van der Waals surface area contributed by atoms with Crippen molar-refractivity contribution in [3.8, 4) is 62.2 Å². The minimum atomic E-state index is 0.619. The van der Waals surface area contributed by atoms with E-state index in [0.29, 0.717) is 23.2 Å². The SMILES string of the molecule is C1=Cc2c(cccc2-c2c(-c3cccc(-c4nc(-c5ccccc5)nc(-c5ccccc5)n4)c3)ccc3ccccc23)OC=1c1ccccc1. The standard InChI is InChI=1S/C46H29N3O/c1-4-15-32(16-5-1)41-29-28-39-40(24-13-25-42(39)50-41)43-37-23-11-10-14-31(37)26-27-38(43)35-21-12-22-36(30-35)46-48-44(33-17-6-2-7-18-33)47-45(49-46)34-19-8-3-9-20-34/h1-28,30H. The number of nitrogens with zero attached hydrogens (tertiary/aromatic N) is 3. The molecular formula is C46H29N3O. The Labute approximate surface area is 290 Å². The third-order valence-electron chi connectivity index (χ3n) is 8.99. The van der Waals surface area contributed by atoms with Crippen LogP contribution in [0.25, 0.3) is 79.0 Å². The highest BCUT2D eigenvalue weighted by atomic mass is 16.5. The van der Waals surface area contributed by atoms with Crippen LogP contribution in [0, 0.1) is 0 Å². The lowest BCUT2D eigenvalue weighted by molar-refractivity contribution is 0.512. The molecule has 1 aliphatic heterocycles. The summed E-state index contributed by atoms with van der Waals surface area (Å²) in [6.45, 7) is 0. The zero-order valence-electron chi connectivity index (χ0n) is 27.0. The smallest absolute Gasteiger partial charge is 0.176 e. The van der Waals surface area contributed by atoms with Crippen LogP contribution in [0.2, 0.25) is 0 Å². The lowest BCUT2D eigenvalue weighted by Crippen LogP contribution is -2.01. The summed E-state index contributed by atoms with van der Waals surface area (Å²) in [6.07, 6.45) is 2.06. The lowest BCUT2D eigenvalue weighted by atomic mass is 9.86. The van der Waals surface area contributed by atoms with E-state index in [4.69, 9.17) is 19.7 Å². The first-order valence-corrected chi connectivity index (χ1v) is 16.6. The number of aromatic nitrogens is 3. The van der Waals surface area contributed by atoms with Crippen molar-refractivity contribution < 1.29 is 4.74 Å². The van der Waals surface area contributed by atoms with Crippen molar-refractivity contribution in [2.45, 2.75) is 0 Å². The molecular weight excluding hydrogens is 611 g/mol. The summed E-state index contributed by atoms with van der Waals surface area (Å²) < 4.78 is 6.46. The van der Waals surface area contributed by atoms with Gasteiger partial charge in [-0.05, 0) is 51.2 Å². The van der Waals surface area contributed by atoms with Gasteiger partial charge in [-0.2, -0.15) is 0 Å². The molecule has 1 aromatic heterocycles. The Morgan fingerprint density at radius 2 is 0.980 bits per heavy atom. The van der Waals surface area contributed by atoms with Gasteiger partial charge in [0.2, 0.25) is 0 Å². The molecule has 2 heterocycles. The van der Waals surface area contributed by atoms with Gasteiger partial charge >= 0.3 is 0 Å². The predicted molar refractivity (Wildman–Crippen MR) is 203 cm³/mol. The van der Waals surface area contributed by atoms with Crippen LogP contribution in [0.5, 0.6) is 5.75 Å². The number of benzene rings is 7. The third kappa shape index (κ3) is 5.46. The molecule has 0 saturated heterocycles. The first-order valence-electron chi connectivity index (χ1n) is 16.6.